The Hall–Kier alpha value is -1.88. The van der Waals surface area contributed by atoms with Crippen molar-refractivity contribution in [1.82, 2.24) is 15.0 Å². The van der Waals surface area contributed by atoms with Crippen LogP contribution in [-0.4, -0.2) is 26.1 Å². The van der Waals surface area contributed by atoms with E-state index < -0.39 is 5.97 Å². The van der Waals surface area contributed by atoms with Gasteiger partial charge in [-0.2, -0.15) is 0 Å². The summed E-state index contributed by atoms with van der Waals surface area (Å²) in [4.78, 5) is 10.5. The van der Waals surface area contributed by atoms with Crippen molar-refractivity contribution >= 4 is 17.6 Å². The van der Waals surface area contributed by atoms with E-state index in [1.54, 1.807) is 10.9 Å². The van der Waals surface area contributed by atoms with Gasteiger partial charge in [-0.15, -0.1) is 5.10 Å². The Balaban J connectivity index is 2.18. The van der Waals surface area contributed by atoms with Crippen LogP contribution in [0.1, 0.15) is 18.4 Å². The van der Waals surface area contributed by atoms with Gasteiger partial charge < -0.3 is 5.11 Å². The Kier molecular flexibility index (Phi) is 4.16. The highest BCUT2D eigenvalue weighted by Crippen LogP contribution is 2.24. The summed E-state index contributed by atoms with van der Waals surface area (Å²) in [5.74, 6) is -0.802. The molecule has 0 aliphatic rings. The molecule has 0 saturated carbocycles. The van der Waals surface area contributed by atoms with Gasteiger partial charge in [0.15, 0.2) is 0 Å². The van der Waals surface area contributed by atoms with Gasteiger partial charge in [0.1, 0.15) is 0 Å². The maximum Gasteiger partial charge on any atom is 0.303 e. The number of aromatic nitrogens is 3. The minimum Gasteiger partial charge on any atom is -0.481 e. The van der Waals surface area contributed by atoms with Crippen LogP contribution in [0.3, 0.4) is 0 Å². The summed E-state index contributed by atoms with van der Waals surface area (Å²) >= 11 is 6.00. The zero-order valence-electron chi connectivity index (χ0n) is 10.5. The van der Waals surface area contributed by atoms with Gasteiger partial charge in [-0.05, 0) is 31.0 Å². The molecule has 0 aliphatic heterocycles. The van der Waals surface area contributed by atoms with Crippen LogP contribution in [0.25, 0.3) is 11.3 Å². The average molecular weight is 280 g/mol. The number of rotatable bonds is 5. The molecular formula is C13H14ClN3O2. The van der Waals surface area contributed by atoms with Crippen molar-refractivity contribution in [2.24, 2.45) is 0 Å². The topological polar surface area (TPSA) is 68.0 Å². The van der Waals surface area contributed by atoms with Crippen LogP contribution < -0.4 is 0 Å². The van der Waals surface area contributed by atoms with Crippen LogP contribution in [0.4, 0.5) is 0 Å². The van der Waals surface area contributed by atoms with Gasteiger partial charge in [0.05, 0.1) is 11.9 Å². The predicted octanol–water partition coefficient (Wildman–Crippen LogP) is 2.77. The number of aliphatic carboxylic acids is 1. The number of aryl methyl sites for hydroxylation is 2. The second-order valence-electron chi connectivity index (χ2n) is 4.30. The standard InChI is InChI=1S/C13H14ClN3O2/c1-9-7-10(4-5-11(9)14)12-8-15-16-17(12)6-2-3-13(18)19/h4-5,7-8H,2-3,6H2,1H3,(H,18,19). The molecule has 0 spiro atoms. The Bertz CT molecular complexity index is 595. The normalized spacial score (nSPS) is 10.6. The number of hydrogen-bond acceptors (Lipinski definition) is 3. The zero-order chi connectivity index (χ0) is 13.8. The highest BCUT2D eigenvalue weighted by Gasteiger charge is 2.08. The first-order valence-corrected chi connectivity index (χ1v) is 6.32. The maximum atomic E-state index is 10.5. The SMILES string of the molecule is Cc1cc(-c2cnnn2CCCC(=O)O)ccc1Cl. The van der Waals surface area contributed by atoms with Crippen molar-refractivity contribution in [3.05, 3.63) is 35.0 Å². The molecule has 0 aliphatic carbocycles. The number of carboxylic acids is 1. The molecule has 1 aromatic heterocycles. The third kappa shape index (κ3) is 3.32. The molecule has 5 nitrogen and oxygen atoms in total. The molecule has 100 valence electrons. The Morgan fingerprint density at radius 1 is 1.47 bits per heavy atom. The Morgan fingerprint density at radius 3 is 2.95 bits per heavy atom. The number of carboxylic acid groups (broad SMARTS) is 1. The number of nitrogens with zero attached hydrogens (tertiary/aromatic N) is 3. The number of carbonyl (C=O) groups is 1. The summed E-state index contributed by atoms with van der Waals surface area (Å²) < 4.78 is 1.71. The first kappa shape index (κ1) is 13.5. The Morgan fingerprint density at radius 2 is 2.26 bits per heavy atom. The van der Waals surface area contributed by atoms with Gasteiger partial charge in [0.25, 0.3) is 0 Å². The highest BCUT2D eigenvalue weighted by molar-refractivity contribution is 6.31. The molecule has 2 rings (SSSR count). The van der Waals surface area contributed by atoms with Crippen LogP contribution in [0.15, 0.2) is 24.4 Å². The van der Waals surface area contributed by atoms with E-state index in [0.717, 1.165) is 16.8 Å². The summed E-state index contributed by atoms with van der Waals surface area (Å²) in [5, 5.41) is 17.2. The molecule has 0 saturated heterocycles. The second kappa shape index (κ2) is 5.84. The molecule has 0 bridgehead atoms. The van der Waals surface area contributed by atoms with Gasteiger partial charge in [-0.3, -0.25) is 4.79 Å². The molecule has 0 atom stereocenters. The van der Waals surface area contributed by atoms with Crippen molar-refractivity contribution < 1.29 is 9.90 Å². The predicted molar refractivity (Wildman–Crippen MR) is 72.1 cm³/mol. The van der Waals surface area contributed by atoms with Crippen LogP contribution in [0.5, 0.6) is 0 Å². The lowest BCUT2D eigenvalue weighted by Gasteiger charge is -2.07. The number of benzene rings is 1. The van der Waals surface area contributed by atoms with E-state index in [-0.39, 0.29) is 6.42 Å². The third-order valence-electron chi connectivity index (χ3n) is 2.83. The maximum absolute atomic E-state index is 10.5. The summed E-state index contributed by atoms with van der Waals surface area (Å²) in [6.45, 7) is 2.47. The summed E-state index contributed by atoms with van der Waals surface area (Å²) in [7, 11) is 0. The van der Waals surface area contributed by atoms with E-state index in [9.17, 15) is 4.79 Å². The van der Waals surface area contributed by atoms with Crippen LogP contribution in [0, 0.1) is 6.92 Å². The molecule has 0 fully saturated rings. The second-order valence-corrected chi connectivity index (χ2v) is 4.71. The molecule has 0 amide bonds. The lowest BCUT2D eigenvalue weighted by Crippen LogP contribution is -2.05. The lowest BCUT2D eigenvalue weighted by atomic mass is 10.1. The van der Waals surface area contributed by atoms with Gasteiger partial charge >= 0.3 is 5.97 Å². The van der Waals surface area contributed by atoms with Crippen molar-refractivity contribution in [2.75, 3.05) is 0 Å². The van der Waals surface area contributed by atoms with Crippen LogP contribution in [0.2, 0.25) is 5.02 Å². The number of halogens is 1. The van der Waals surface area contributed by atoms with Crippen molar-refractivity contribution in [2.45, 2.75) is 26.3 Å². The number of hydrogen-bond donors (Lipinski definition) is 1. The molecule has 0 unspecified atom stereocenters. The quantitative estimate of drug-likeness (QED) is 0.914. The van der Waals surface area contributed by atoms with Crippen LogP contribution in [-0.2, 0) is 11.3 Å². The van der Waals surface area contributed by atoms with Gasteiger partial charge in [-0.25, -0.2) is 4.68 Å². The van der Waals surface area contributed by atoms with Crippen molar-refractivity contribution in [3.63, 3.8) is 0 Å². The van der Waals surface area contributed by atoms with E-state index in [4.69, 9.17) is 16.7 Å². The molecule has 19 heavy (non-hydrogen) atoms. The molecule has 2 aromatic rings. The van der Waals surface area contributed by atoms with Crippen molar-refractivity contribution in [1.29, 1.82) is 0 Å². The molecule has 1 heterocycles. The first-order chi connectivity index (χ1) is 9.08. The molecule has 1 N–H and O–H groups in total. The Labute approximate surface area is 115 Å². The minimum atomic E-state index is -0.802. The third-order valence-corrected chi connectivity index (χ3v) is 3.26. The lowest BCUT2D eigenvalue weighted by molar-refractivity contribution is -0.137. The summed E-state index contributed by atoms with van der Waals surface area (Å²) in [6.07, 6.45) is 2.32. The largest absolute Gasteiger partial charge is 0.481 e. The fourth-order valence-corrected chi connectivity index (χ4v) is 1.95. The average Bonchev–Trinajstić information content (AvgIpc) is 2.80. The monoisotopic (exact) mass is 279 g/mol. The van der Waals surface area contributed by atoms with E-state index in [1.807, 2.05) is 25.1 Å². The molecule has 0 radical (unpaired) electrons. The zero-order valence-corrected chi connectivity index (χ0v) is 11.3. The van der Waals surface area contributed by atoms with Crippen LogP contribution >= 0.6 is 11.6 Å². The van der Waals surface area contributed by atoms with E-state index in [0.29, 0.717) is 18.0 Å². The van der Waals surface area contributed by atoms with E-state index in [1.165, 1.54) is 0 Å². The fourth-order valence-electron chi connectivity index (χ4n) is 1.83. The van der Waals surface area contributed by atoms with Gasteiger partial charge in [0, 0.05) is 23.6 Å². The van der Waals surface area contributed by atoms with Gasteiger partial charge in [-0.1, -0.05) is 22.9 Å². The summed E-state index contributed by atoms with van der Waals surface area (Å²) in [5.41, 5.74) is 2.82. The summed E-state index contributed by atoms with van der Waals surface area (Å²) in [6, 6.07) is 5.71. The molecular weight excluding hydrogens is 266 g/mol. The first-order valence-electron chi connectivity index (χ1n) is 5.95. The molecule has 6 heteroatoms. The van der Waals surface area contributed by atoms with E-state index in [2.05, 4.69) is 10.3 Å². The molecule has 1 aromatic carbocycles. The van der Waals surface area contributed by atoms with E-state index >= 15 is 0 Å². The van der Waals surface area contributed by atoms with Crippen molar-refractivity contribution in [3.8, 4) is 11.3 Å². The smallest absolute Gasteiger partial charge is 0.303 e. The minimum absolute atomic E-state index is 0.124. The van der Waals surface area contributed by atoms with Gasteiger partial charge in [0.2, 0.25) is 0 Å². The fraction of sp³-hybridized carbons (Fsp3) is 0.308. The highest BCUT2D eigenvalue weighted by atomic mass is 35.5.